The van der Waals surface area contributed by atoms with Crippen molar-refractivity contribution >= 4 is 5.69 Å². The second-order valence-electron chi connectivity index (χ2n) is 5.83. The molecule has 0 radical (unpaired) electrons. The van der Waals surface area contributed by atoms with Crippen LogP contribution in [0.15, 0.2) is 24.3 Å². The SMILES string of the molecule is CC(NCCCN(C)C)C(O)c1ccc(N(C)C)cc1. The molecule has 0 fully saturated rings. The van der Waals surface area contributed by atoms with Gasteiger partial charge >= 0.3 is 0 Å². The van der Waals surface area contributed by atoms with Crippen LogP contribution in [0, 0.1) is 0 Å². The van der Waals surface area contributed by atoms with Crippen LogP contribution in [0.4, 0.5) is 5.69 Å². The number of hydrogen-bond acceptors (Lipinski definition) is 4. The maximum atomic E-state index is 10.3. The number of benzene rings is 1. The number of nitrogens with zero attached hydrogens (tertiary/aromatic N) is 2. The average Bonchev–Trinajstić information content (AvgIpc) is 2.42. The second kappa shape index (κ2) is 8.25. The van der Waals surface area contributed by atoms with Gasteiger partial charge in [0, 0.05) is 25.8 Å². The van der Waals surface area contributed by atoms with Crippen molar-refractivity contribution < 1.29 is 5.11 Å². The molecule has 114 valence electrons. The summed E-state index contributed by atoms with van der Waals surface area (Å²) >= 11 is 0. The zero-order chi connectivity index (χ0) is 15.1. The Morgan fingerprint density at radius 2 is 1.70 bits per heavy atom. The minimum Gasteiger partial charge on any atom is -0.387 e. The van der Waals surface area contributed by atoms with Crippen LogP contribution in [0.1, 0.15) is 25.0 Å². The molecule has 0 aliphatic carbocycles. The highest BCUT2D eigenvalue weighted by Gasteiger charge is 2.15. The van der Waals surface area contributed by atoms with Gasteiger partial charge in [-0.3, -0.25) is 0 Å². The van der Waals surface area contributed by atoms with Crippen molar-refractivity contribution in [1.82, 2.24) is 10.2 Å². The normalized spacial score (nSPS) is 14.3. The summed E-state index contributed by atoms with van der Waals surface area (Å²) in [6, 6.07) is 8.13. The summed E-state index contributed by atoms with van der Waals surface area (Å²) in [5.41, 5.74) is 2.11. The molecule has 20 heavy (non-hydrogen) atoms. The lowest BCUT2D eigenvalue weighted by molar-refractivity contribution is 0.135. The van der Waals surface area contributed by atoms with Crippen LogP contribution in [0.25, 0.3) is 0 Å². The quantitative estimate of drug-likeness (QED) is 0.711. The van der Waals surface area contributed by atoms with Gasteiger partial charge in [-0.05, 0) is 58.2 Å². The van der Waals surface area contributed by atoms with E-state index in [-0.39, 0.29) is 6.04 Å². The third-order valence-electron chi connectivity index (χ3n) is 3.47. The van der Waals surface area contributed by atoms with Gasteiger partial charge in [0.05, 0.1) is 6.10 Å². The molecular formula is C16H29N3O. The minimum atomic E-state index is -0.467. The van der Waals surface area contributed by atoms with Crippen LogP contribution in [0.5, 0.6) is 0 Å². The first-order valence-electron chi connectivity index (χ1n) is 7.25. The van der Waals surface area contributed by atoms with E-state index in [4.69, 9.17) is 0 Å². The van der Waals surface area contributed by atoms with Gasteiger partial charge in [-0.15, -0.1) is 0 Å². The van der Waals surface area contributed by atoms with Crippen molar-refractivity contribution in [2.45, 2.75) is 25.5 Å². The average molecular weight is 279 g/mol. The highest BCUT2D eigenvalue weighted by molar-refractivity contribution is 5.46. The predicted molar refractivity (Wildman–Crippen MR) is 86.4 cm³/mol. The molecule has 1 aromatic carbocycles. The van der Waals surface area contributed by atoms with Crippen LogP contribution < -0.4 is 10.2 Å². The summed E-state index contributed by atoms with van der Waals surface area (Å²) < 4.78 is 0. The Labute approximate surface area is 123 Å². The predicted octanol–water partition coefficient (Wildman–Crippen LogP) is 1.72. The lowest BCUT2D eigenvalue weighted by Gasteiger charge is -2.22. The third-order valence-corrected chi connectivity index (χ3v) is 3.47. The Bertz CT molecular complexity index is 376. The van der Waals surface area contributed by atoms with Crippen molar-refractivity contribution in [3.63, 3.8) is 0 Å². The van der Waals surface area contributed by atoms with E-state index in [9.17, 15) is 5.11 Å². The third kappa shape index (κ3) is 5.49. The maximum absolute atomic E-state index is 10.3. The molecule has 0 heterocycles. The highest BCUT2D eigenvalue weighted by Crippen LogP contribution is 2.20. The Kier molecular flexibility index (Phi) is 6.99. The Morgan fingerprint density at radius 1 is 1.10 bits per heavy atom. The zero-order valence-corrected chi connectivity index (χ0v) is 13.4. The van der Waals surface area contributed by atoms with Gasteiger partial charge in [0.25, 0.3) is 0 Å². The van der Waals surface area contributed by atoms with Crippen LogP contribution in [-0.4, -0.2) is 57.3 Å². The van der Waals surface area contributed by atoms with E-state index in [1.807, 2.05) is 45.3 Å². The molecule has 1 aromatic rings. The van der Waals surface area contributed by atoms with Crippen molar-refractivity contribution in [3.05, 3.63) is 29.8 Å². The maximum Gasteiger partial charge on any atom is 0.0940 e. The van der Waals surface area contributed by atoms with Crippen molar-refractivity contribution in [2.75, 3.05) is 46.2 Å². The summed E-state index contributed by atoms with van der Waals surface area (Å²) in [4.78, 5) is 4.22. The fourth-order valence-corrected chi connectivity index (χ4v) is 2.09. The summed E-state index contributed by atoms with van der Waals surface area (Å²) in [5.74, 6) is 0. The number of hydrogen-bond donors (Lipinski definition) is 2. The van der Waals surface area contributed by atoms with Gasteiger partial charge in [-0.1, -0.05) is 12.1 Å². The second-order valence-corrected chi connectivity index (χ2v) is 5.83. The van der Waals surface area contributed by atoms with Crippen LogP contribution in [0.3, 0.4) is 0 Å². The highest BCUT2D eigenvalue weighted by atomic mass is 16.3. The van der Waals surface area contributed by atoms with E-state index in [1.54, 1.807) is 0 Å². The molecule has 0 bridgehead atoms. The van der Waals surface area contributed by atoms with Gasteiger partial charge in [-0.25, -0.2) is 0 Å². The zero-order valence-electron chi connectivity index (χ0n) is 13.4. The number of nitrogens with one attached hydrogen (secondary N) is 1. The summed E-state index contributed by atoms with van der Waals surface area (Å²) in [7, 11) is 8.18. The van der Waals surface area contributed by atoms with E-state index in [1.165, 1.54) is 0 Å². The van der Waals surface area contributed by atoms with Crippen LogP contribution in [0.2, 0.25) is 0 Å². The first-order valence-corrected chi connectivity index (χ1v) is 7.25. The van der Waals surface area contributed by atoms with Gasteiger partial charge < -0.3 is 20.2 Å². The molecule has 1 rings (SSSR count). The molecular weight excluding hydrogens is 250 g/mol. The Balaban J connectivity index is 2.45. The fourth-order valence-electron chi connectivity index (χ4n) is 2.09. The molecule has 0 saturated carbocycles. The van der Waals surface area contributed by atoms with E-state index in [0.717, 1.165) is 30.8 Å². The first kappa shape index (κ1) is 17.0. The topological polar surface area (TPSA) is 38.7 Å². The molecule has 2 N–H and O–H groups in total. The molecule has 2 unspecified atom stereocenters. The molecule has 0 aromatic heterocycles. The van der Waals surface area contributed by atoms with Crippen molar-refractivity contribution in [1.29, 1.82) is 0 Å². The molecule has 2 atom stereocenters. The number of rotatable bonds is 8. The van der Waals surface area contributed by atoms with E-state index in [0.29, 0.717) is 0 Å². The van der Waals surface area contributed by atoms with Gasteiger partial charge in [0.2, 0.25) is 0 Å². The summed E-state index contributed by atoms with van der Waals surface area (Å²) in [6.07, 6.45) is 0.620. The minimum absolute atomic E-state index is 0.0577. The Morgan fingerprint density at radius 3 is 2.20 bits per heavy atom. The molecule has 0 spiro atoms. The summed E-state index contributed by atoms with van der Waals surface area (Å²) in [5, 5.41) is 13.7. The number of anilines is 1. The van der Waals surface area contributed by atoms with Crippen LogP contribution in [-0.2, 0) is 0 Å². The number of aliphatic hydroxyl groups excluding tert-OH is 1. The van der Waals surface area contributed by atoms with E-state index >= 15 is 0 Å². The van der Waals surface area contributed by atoms with E-state index < -0.39 is 6.10 Å². The monoisotopic (exact) mass is 279 g/mol. The largest absolute Gasteiger partial charge is 0.387 e. The van der Waals surface area contributed by atoms with Crippen molar-refractivity contribution in [2.24, 2.45) is 0 Å². The molecule has 0 aliphatic heterocycles. The van der Waals surface area contributed by atoms with E-state index in [2.05, 4.69) is 29.2 Å². The van der Waals surface area contributed by atoms with Gasteiger partial charge in [-0.2, -0.15) is 0 Å². The molecule has 0 aliphatic rings. The first-order chi connectivity index (χ1) is 9.41. The lowest BCUT2D eigenvalue weighted by atomic mass is 10.0. The van der Waals surface area contributed by atoms with Gasteiger partial charge in [0.15, 0.2) is 0 Å². The molecule has 0 amide bonds. The molecule has 4 heteroatoms. The fraction of sp³-hybridized carbons (Fsp3) is 0.625. The molecule has 4 nitrogen and oxygen atoms in total. The van der Waals surface area contributed by atoms with Crippen LogP contribution >= 0.6 is 0 Å². The Hall–Kier alpha value is -1.10. The van der Waals surface area contributed by atoms with Gasteiger partial charge in [0.1, 0.15) is 0 Å². The smallest absolute Gasteiger partial charge is 0.0940 e. The lowest BCUT2D eigenvalue weighted by Crippen LogP contribution is -2.34. The summed E-state index contributed by atoms with van der Waals surface area (Å²) in [6.45, 7) is 4.01. The number of aliphatic hydroxyl groups is 1. The molecule has 0 saturated heterocycles. The standard InChI is InChI=1S/C16H29N3O/c1-13(17-11-6-12-18(2)3)16(20)14-7-9-15(10-8-14)19(4)5/h7-10,13,16-17,20H,6,11-12H2,1-5H3. The van der Waals surface area contributed by atoms with Crippen molar-refractivity contribution in [3.8, 4) is 0 Å².